The van der Waals surface area contributed by atoms with Gasteiger partial charge >= 0.3 is 14.8 Å². The van der Waals surface area contributed by atoms with Crippen molar-refractivity contribution in [3.63, 3.8) is 0 Å². The second kappa shape index (κ2) is 7.63. The fourth-order valence-corrected chi connectivity index (χ4v) is 3.12. The van der Waals surface area contributed by atoms with Crippen molar-refractivity contribution >= 4 is 14.8 Å². The van der Waals surface area contributed by atoms with E-state index < -0.39 is 14.8 Å². The van der Waals surface area contributed by atoms with Crippen LogP contribution >= 0.6 is 0 Å². The number of urea groups is 1. The van der Waals surface area contributed by atoms with Crippen LogP contribution in [0.5, 0.6) is 0 Å². The maximum Gasteiger partial charge on any atom is 0.501 e. The van der Waals surface area contributed by atoms with E-state index in [0.29, 0.717) is 0 Å². The van der Waals surface area contributed by atoms with Gasteiger partial charge in [0.1, 0.15) is 6.73 Å². The van der Waals surface area contributed by atoms with E-state index >= 15 is 0 Å². The Bertz CT molecular complexity index is 187. The van der Waals surface area contributed by atoms with Crippen LogP contribution in [0.1, 0.15) is 19.8 Å². The first-order valence-electron chi connectivity index (χ1n) is 4.87. The summed E-state index contributed by atoms with van der Waals surface area (Å²) in [6.07, 6.45) is 2.00. The molecule has 2 amide bonds. The molecule has 0 spiro atoms. The lowest BCUT2D eigenvalue weighted by Gasteiger charge is -2.26. The molecule has 0 saturated heterocycles. The molecule has 0 aromatic carbocycles. The summed E-state index contributed by atoms with van der Waals surface area (Å²) in [6, 6.07) is 0.109. The first kappa shape index (κ1) is 14.4. The lowest BCUT2D eigenvalue weighted by atomic mass is 10.4. The predicted octanol–water partition coefficient (Wildman–Crippen LogP) is 0.661. The molecular weight excluding hydrogens is 216 g/mol. The molecule has 0 aliphatic heterocycles. The second-order valence-electron chi connectivity index (χ2n) is 3.02. The summed E-state index contributed by atoms with van der Waals surface area (Å²) in [5.41, 5.74) is 4.91. The third-order valence-corrected chi connectivity index (χ3v) is 4.79. The summed E-state index contributed by atoms with van der Waals surface area (Å²) < 4.78 is 16.0. The zero-order chi connectivity index (χ0) is 11.7. The van der Waals surface area contributed by atoms with E-state index in [4.69, 9.17) is 19.0 Å². The van der Waals surface area contributed by atoms with Gasteiger partial charge in [-0.1, -0.05) is 13.3 Å². The molecule has 0 unspecified atom stereocenters. The molecule has 7 heteroatoms. The van der Waals surface area contributed by atoms with Gasteiger partial charge in [0, 0.05) is 20.3 Å². The summed E-state index contributed by atoms with van der Waals surface area (Å²) in [6.45, 7) is 2.10. The van der Waals surface area contributed by atoms with Crippen molar-refractivity contribution in [1.82, 2.24) is 5.32 Å². The molecule has 0 radical (unpaired) electrons. The lowest BCUT2D eigenvalue weighted by molar-refractivity contribution is 0.0925. The van der Waals surface area contributed by atoms with Crippen LogP contribution in [-0.2, 0) is 13.3 Å². The fraction of sp³-hybridized carbons (Fsp3) is 0.875. The highest BCUT2D eigenvalue weighted by molar-refractivity contribution is 6.60. The zero-order valence-corrected chi connectivity index (χ0v) is 10.5. The molecule has 0 aromatic heterocycles. The molecule has 0 heterocycles. The molecule has 15 heavy (non-hydrogen) atoms. The molecule has 0 rings (SSSR count). The fourth-order valence-electron chi connectivity index (χ4n) is 1.09. The minimum atomic E-state index is -2.60. The second-order valence-corrected chi connectivity index (χ2v) is 6.00. The van der Waals surface area contributed by atoms with Gasteiger partial charge in [-0.3, -0.25) is 0 Å². The Balaban J connectivity index is 4.04. The largest absolute Gasteiger partial charge is 0.501 e. The molecule has 0 atom stereocenters. The van der Waals surface area contributed by atoms with E-state index in [2.05, 4.69) is 12.2 Å². The smallest absolute Gasteiger partial charge is 0.377 e. The zero-order valence-electron chi connectivity index (χ0n) is 9.54. The van der Waals surface area contributed by atoms with E-state index in [0.717, 1.165) is 18.9 Å². The standard InChI is InChI=1S/C8H20N2O4Si/c1-4-5-6-15(12-2,13-3)14-7-10-8(9)11/h4-7H2,1-3H3,(H3,9,10,11). The normalized spacial score (nSPS) is 11.4. The van der Waals surface area contributed by atoms with Crippen LogP contribution in [0.25, 0.3) is 0 Å². The molecule has 0 saturated carbocycles. The van der Waals surface area contributed by atoms with E-state index in [1.54, 1.807) is 14.2 Å². The molecule has 0 aliphatic rings. The van der Waals surface area contributed by atoms with Gasteiger partial charge in [0.05, 0.1) is 0 Å². The maximum absolute atomic E-state index is 10.4. The first-order valence-corrected chi connectivity index (χ1v) is 6.81. The van der Waals surface area contributed by atoms with Crippen LogP contribution in [0.4, 0.5) is 4.79 Å². The van der Waals surface area contributed by atoms with Crippen molar-refractivity contribution in [2.75, 3.05) is 21.0 Å². The molecular formula is C8H20N2O4Si. The summed E-state index contributed by atoms with van der Waals surface area (Å²) in [5.74, 6) is 0. The number of unbranched alkanes of at least 4 members (excludes halogenated alkanes) is 1. The number of nitrogens with one attached hydrogen (secondary N) is 1. The number of primary amides is 1. The van der Waals surface area contributed by atoms with Crippen molar-refractivity contribution in [2.45, 2.75) is 25.8 Å². The van der Waals surface area contributed by atoms with Crippen LogP contribution in [-0.4, -0.2) is 35.8 Å². The van der Waals surface area contributed by atoms with Gasteiger partial charge in [0.15, 0.2) is 0 Å². The number of hydrogen-bond acceptors (Lipinski definition) is 4. The summed E-state index contributed by atoms with van der Waals surface area (Å²) in [4.78, 5) is 10.4. The molecule has 0 bridgehead atoms. The average Bonchev–Trinajstić information content (AvgIpc) is 2.23. The van der Waals surface area contributed by atoms with E-state index in [9.17, 15) is 4.79 Å². The number of rotatable bonds is 8. The molecule has 0 fully saturated rings. The Morgan fingerprint density at radius 2 is 2.00 bits per heavy atom. The highest BCUT2D eigenvalue weighted by Gasteiger charge is 2.38. The van der Waals surface area contributed by atoms with Crippen LogP contribution in [0.3, 0.4) is 0 Å². The Hall–Kier alpha value is -0.633. The summed E-state index contributed by atoms with van der Waals surface area (Å²) >= 11 is 0. The predicted molar refractivity (Wildman–Crippen MR) is 58.2 cm³/mol. The van der Waals surface area contributed by atoms with Gasteiger partial charge in [-0.05, 0) is 6.42 Å². The highest BCUT2D eigenvalue weighted by atomic mass is 28.4. The SMILES string of the molecule is CCCC[Si](OC)(OC)OCNC(N)=O. The van der Waals surface area contributed by atoms with Gasteiger partial charge in [0.2, 0.25) is 0 Å². The van der Waals surface area contributed by atoms with Crippen molar-refractivity contribution in [3.05, 3.63) is 0 Å². The van der Waals surface area contributed by atoms with Crippen LogP contribution in [0.15, 0.2) is 0 Å². The lowest BCUT2D eigenvalue weighted by Crippen LogP contribution is -2.47. The minimum absolute atomic E-state index is 0.0208. The monoisotopic (exact) mass is 236 g/mol. The van der Waals surface area contributed by atoms with Gasteiger partial charge in [-0.15, -0.1) is 0 Å². The molecule has 6 nitrogen and oxygen atoms in total. The van der Waals surface area contributed by atoms with E-state index in [-0.39, 0.29) is 6.73 Å². The molecule has 90 valence electrons. The van der Waals surface area contributed by atoms with Crippen molar-refractivity contribution in [2.24, 2.45) is 5.73 Å². The van der Waals surface area contributed by atoms with Gasteiger partial charge in [-0.2, -0.15) is 0 Å². The minimum Gasteiger partial charge on any atom is -0.377 e. The van der Waals surface area contributed by atoms with E-state index in [1.165, 1.54) is 0 Å². The van der Waals surface area contributed by atoms with Gasteiger partial charge in [0.25, 0.3) is 0 Å². The number of carbonyl (C=O) groups excluding carboxylic acids is 1. The third-order valence-electron chi connectivity index (χ3n) is 2.00. The van der Waals surface area contributed by atoms with Gasteiger partial charge < -0.3 is 24.3 Å². The number of hydrogen-bond donors (Lipinski definition) is 2. The average molecular weight is 236 g/mol. The topological polar surface area (TPSA) is 82.8 Å². The van der Waals surface area contributed by atoms with Gasteiger partial charge in [-0.25, -0.2) is 4.79 Å². The van der Waals surface area contributed by atoms with E-state index in [1.807, 2.05) is 0 Å². The summed E-state index contributed by atoms with van der Waals surface area (Å²) in [7, 11) is 0.501. The highest BCUT2D eigenvalue weighted by Crippen LogP contribution is 2.16. The van der Waals surface area contributed by atoms with Crippen LogP contribution in [0, 0.1) is 0 Å². The van der Waals surface area contributed by atoms with Crippen molar-refractivity contribution in [1.29, 1.82) is 0 Å². The third kappa shape index (κ3) is 5.73. The maximum atomic E-state index is 10.4. The number of nitrogens with two attached hydrogens (primary N) is 1. The van der Waals surface area contributed by atoms with Crippen molar-refractivity contribution < 1.29 is 18.1 Å². The number of amides is 2. The molecule has 0 aliphatic carbocycles. The Kier molecular flexibility index (Phi) is 7.31. The van der Waals surface area contributed by atoms with Crippen LogP contribution in [0.2, 0.25) is 6.04 Å². The Morgan fingerprint density at radius 3 is 2.40 bits per heavy atom. The Morgan fingerprint density at radius 1 is 1.40 bits per heavy atom. The molecule has 3 N–H and O–H groups in total. The first-order chi connectivity index (χ1) is 7.10. The number of carbonyl (C=O) groups is 1. The van der Waals surface area contributed by atoms with Crippen molar-refractivity contribution in [3.8, 4) is 0 Å². The van der Waals surface area contributed by atoms with Crippen LogP contribution < -0.4 is 11.1 Å². The summed E-state index contributed by atoms with van der Waals surface area (Å²) in [5, 5.41) is 2.34. The quantitative estimate of drug-likeness (QED) is 0.479. The Labute approximate surface area is 91.4 Å². The molecule has 0 aromatic rings.